The fraction of sp³-hybridized carbons (Fsp3) is 0.571. The molecule has 0 spiro atoms. The summed E-state index contributed by atoms with van der Waals surface area (Å²) in [5, 5.41) is 0. The molecule has 1 aromatic rings. The van der Waals surface area contributed by atoms with E-state index in [-0.39, 0.29) is 5.92 Å². The molecule has 0 unspecified atom stereocenters. The lowest BCUT2D eigenvalue weighted by atomic mass is 10.0. The largest absolute Gasteiger partial charge is 0.417 e. The van der Waals surface area contributed by atoms with Gasteiger partial charge < -0.3 is 0 Å². The number of halogens is 3. The van der Waals surface area contributed by atoms with E-state index in [1.807, 2.05) is 0 Å². The topological polar surface area (TPSA) is 46.2 Å². The molecule has 1 rings (SSSR count). The van der Waals surface area contributed by atoms with Gasteiger partial charge in [-0.1, -0.05) is 19.9 Å². The van der Waals surface area contributed by atoms with E-state index in [1.165, 1.54) is 6.07 Å². The number of sulfonamides is 1. The van der Waals surface area contributed by atoms with E-state index in [1.54, 1.807) is 34.6 Å². The van der Waals surface area contributed by atoms with Crippen LogP contribution >= 0.6 is 0 Å². The monoisotopic (exact) mass is 323 g/mol. The molecule has 0 aromatic heterocycles. The minimum absolute atomic E-state index is 0.126. The molecule has 1 aromatic carbocycles. The van der Waals surface area contributed by atoms with Crippen LogP contribution in [0.15, 0.2) is 23.1 Å². The first-order chi connectivity index (χ1) is 9.24. The smallest absolute Gasteiger partial charge is 0.207 e. The maximum absolute atomic E-state index is 13.2. The summed E-state index contributed by atoms with van der Waals surface area (Å²) >= 11 is 0. The number of rotatable bonds is 3. The number of benzene rings is 1. The van der Waals surface area contributed by atoms with Crippen LogP contribution in [0.25, 0.3) is 0 Å². The molecule has 0 bridgehead atoms. The van der Waals surface area contributed by atoms with Crippen LogP contribution in [0.2, 0.25) is 0 Å². The van der Waals surface area contributed by atoms with E-state index in [2.05, 4.69) is 4.72 Å². The minimum Gasteiger partial charge on any atom is -0.207 e. The Morgan fingerprint density at radius 3 is 2.00 bits per heavy atom. The van der Waals surface area contributed by atoms with Crippen LogP contribution in [0, 0.1) is 0 Å². The number of alkyl halides is 3. The Morgan fingerprint density at radius 1 is 1.10 bits per heavy atom. The lowest BCUT2D eigenvalue weighted by Gasteiger charge is -2.22. The highest BCUT2D eigenvalue weighted by Crippen LogP contribution is 2.36. The van der Waals surface area contributed by atoms with E-state index in [9.17, 15) is 21.6 Å². The first-order valence-corrected chi connectivity index (χ1v) is 7.97. The van der Waals surface area contributed by atoms with Crippen LogP contribution < -0.4 is 4.72 Å². The lowest BCUT2D eigenvalue weighted by molar-refractivity contribution is -0.140. The molecular formula is C14H20F3NO2S. The predicted octanol–water partition coefficient (Wildman–Crippen LogP) is 3.91. The Morgan fingerprint density at radius 2 is 1.62 bits per heavy atom. The zero-order chi connectivity index (χ0) is 16.6. The molecule has 120 valence electrons. The van der Waals surface area contributed by atoms with Gasteiger partial charge in [-0.2, -0.15) is 13.2 Å². The molecule has 0 amide bonds. The van der Waals surface area contributed by atoms with Gasteiger partial charge in [-0.3, -0.25) is 0 Å². The third-order valence-electron chi connectivity index (χ3n) is 2.71. The second-order valence-electron chi connectivity index (χ2n) is 6.26. The van der Waals surface area contributed by atoms with Crippen molar-refractivity contribution in [3.8, 4) is 0 Å². The van der Waals surface area contributed by atoms with E-state index < -0.39 is 32.2 Å². The first-order valence-electron chi connectivity index (χ1n) is 6.49. The Kier molecular flexibility index (Phi) is 4.80. The lowest BCUT2D eigenvalue weighted by Crippen LogP contribution is -2.41. The quantitative estimate of drug-likeness (QED) is 0.917. The van der Waals surface area contributed by atoms with Gasteiger partial charge in [-0.05, 0) is 44.4 Å². The molecule has 21 heavy (non-hydrogen) atoms. The van der Waals surface area contributed by atoms with Gasteiger partial charge in [-0.15, -0.1) is 0 Å². The molecule has 0 saturated carbocycles. The average molecular weight is 323 g/mol. The van der Waals surface area contributed by atoms with Crippen LogP contribution in [-0.4, -0.2) is 14.0 Å². The fourth-order valence-corrected chi connectivity index (χ4v) is 3.45. The molecule has 0 heterocycles. The van der Waals surface area contributed by atoms with Gasteiger partial charge in [0.15, 0.2) is 0 Å². The van der Waals surface area contributed by atoms with E-state index in [0.717, 1.165) is 12.1 Å². The van der Waals surface area contributed by atoms with Crippen molar-refractivity contribution in [2.75, 3.05) is 0 Å². The molecule has 0 aliphatic carbocycles. The predicted molar refractivity (Wildman–Crippen MR) is 75.6 cm³/mol. The van der Waals surface area contributed by atoms with Crippen LogP contribution in [0.4, 0.5) is 13.2 Å². The molecule has 7 heteroatoms. The maximum Gasteiger partial charge on any atom is 0.417 e. The summed E-state index contributed by atoms with van der Waals surface area (Å²) < 4.78 is 66.1. The Bertz CT molecular complexity index is 614. The molecule has 0 fully saturated rings. The van der Waals surface area contributed by atoms with Crippen molar-refractivity contribution in [3.05, 3.63) is 29.3 Å². The summed E-state index contributed by atoms with van der Waals surface area (Å²) in [6, 6.07) is 3.34. The normalized spacial score (nSPS) is 13.8. The number of hydrogen-bond acceptors (Lipinski definition) is 2. The summed E-state index contributed by atoms with van der Waals surface area (Å²) in [7, 11) is -4.24. The van der Waals surface area contributed by atoms with Gasteiger partial charge in [0.25, 0.3) is 0 Å². The Balaban J connectivity index is 3.50. The Hall–Kier alpha value is -1.08. The van der Waals surface area contributed by atoms with Crippen LogP contribution in [0.5, 0.6) is 0 Å². The van der Waals surface area contributed by atoms with Gasteiger partial charge in [0.2, 0.25) is 10.0 Å². The maximum atomic E-state index is 13.2. The zero-order valence-electron chi connectivity index (χ0n) is 12.7. The van der Waals surface area contributed by atoms with Crippen molar-refractivity contribution >= 4 is 10.0 Å². The standard InChI is InChI=1S/C14H20F3NO2S/c1-9(2)10-6-7-12(11(8-10)14(15,16)17)21(19,20)18-13(3,4)5/h6-9,18H,1-5H3. The van der Waals surface area contributed by atoms with E-state index >= 15 is 0 Å². The highest BCUT2D eigenvalue weighted by atomic mass is 32.2. The fourth-order valence-electron chi connectivity index (χ4n) is 1.82. The Labute approximate surface area is 123 Å². The summed E-state index contributed by atoms with van der Waals surface area (Å²) in [6.45, 7) is 8.20. The first kappa shape index (κ1) is 18.0. The van der Waals surface area contributed by atoms with Crippen LogP contribution in [-0.2, 0) is 16.2 Å². The molecule has 0 aliphatic heterocycles. The highest BCUT2D eigenvalue weighted by Gasteiger charge is 2.38. The molecule has 0 radical (unpaired) electrons. The van der Waals surface area contributed by atoms with Gasteiger partial charge in [0, 0.05) is 5.54 Å². The van der Waals surface area contributed by atoms with Gasteiger partial charge in [0.05, 0.1) is 10.5 Å². The average Bonchev–Trinajstić information content (AvgIpc) is 2.23. The minimum atomic E-state index is -4.73. The summed E-state index contributed by atoms with van der Waals surface area (Å²) in [4.78, 5) is -0.741. The zero-order valence-corrected chi connectivity index (χ0v) is 13.5. The van der Waals surface area contributed by atoms with Crippen molar-refractivity contribution in [2.45, 2.75) is 57.1 Å². The van der Waals surface area contributed by atoms with Crippen LogP contribution in [0.3, 0.4) is 0 Å². The second kappa shape index (κ2) is 5.61. The van der Waals surface area contributed by atoms with E-state index in [0.29, 0.717) is 5.56 Å². The summed E-state index contributed by atoms with van der Waals surface area (Å²) in [5.41, 5.74) is -1.55. The number of hydrogen-bond donors (Lipinski definition) is 1. The van der Waals surface area contributed by atoms with Gasteiger partial charge in [0.1, 0.15) is 0 Å². The van der Waals surface area contributed by atoms with Gasteiger partial charge in [-0.25, -0.2) is 13.1 Å². The molecular weight excluding hydrogens is 303 g/mol. The molecule has 0 saturated heterocycles. The van der Waals surface area contributed by atoms with Crippen LogP contribution in [0.1, 0.15) is 51.7 Å². The molecule has 0 atom stereocenters. The summed E-state index contributed by atoms with van der Waals surface area (Å²) in [6.07, 6.45) is -4.73. The molecule has 0 aliphatic rings. The van der Waals surface area contributed by atoms with Crippen molar-refractivity contribution in [1.82, 2.24) is 4.72 Å². The highest BCUT2D eigenvalue weighted by molar-refractivity contribution is 7.89. The van der Waals surface area contributed by atoms with Crippen molar-refractivity contribution < 1.29 is 21.6 Å². The third kappa shape index (κ3) is 4.71. The summed E-state index contributed by atoms with van der Waals surface area (Å²) in [5.74, 6) is -0.126. The van der Waals surface area contributed by atoms with E-state index in [4.69, 9.17) is 0 Å². The van der Waals surface area contributed by atoms with Gasteiger partial charge >= 0.3 is 6.18 Å². The SMILES string of the molecule is CC(C)c1ccc(S(=O)(=O)NC(C)(C)C)c(C(F)(F)F)c1. The molecule has 3 nitrogen and oxygen atoms in total. The van der Waals surface area contributed by atoms with Crippen molar-refractivity contribution in [2.24, 2.45) is 0 Å². The third-order valence-corrected chi connectivity index (χ3v) is 4.52. The van der Waals surface area contributed by atoms with Crippen molar-refractivity contribution in [3.63, 3.8) is 0 Å². The number of nitrogens with one attached hydrogen (secondary N) is 1. The second-order valence-corrected chi connectivity index (χ2v) is 7.91. The van der Waals surface area contributed by atoms with Crippen molar-refractivity contribution in [1.29, 1.82) is 0 Å². The molecule has 1 N–H and O–H groups in total.